The molecule has 1 N–H and O–H groups in total. The molecule has 0 unspecified atom stereocenters. The number of hydrogen-bond donors (Lipinski definition) is 1. The highest BCUT2D eigenvalue weighted by Gasteiger charge is 2.05. The van der Waals surface area contributed by atoms with Crippen molar-refractivity contribution in [2.24, 2.45) is 0 Å². The standard InChI is InChI=1S/C11H23NO4/c1-12(2,3)6-4-7-15-9-10-16-8-5-11(13)14/h4-10H2,1-3H3/p+1. The summed E-state index contributed by atoms with van der Waals surface area (Å²) < 4.78 is 11.4. The summed E-state index contributed by atoms with van der Waals surface area (Å²) in [5, 5.41) is 8.35. The highest BCUT2D eigenvalue weighted by Crippen LogP contribution is 1.94. The lowest BCUT2D eigenvalue weighted by atomic mass is 10.4. The van der Waals surface area contributed by atoms with Crippen molar-refractivity contribution < 1.29 is 23.9 Å². The largest absolute Gasteiger partial charge is 0.481 e. The molecule has 0 saturated carbocycles. The van der Waals surface area contributed by atoms with Crippen LogP contribution in [0.3, 0.4) is 0 Å². The van der Waals surface area contributed by atoms with Gasteiger partial charge in [-0.3, -0.25) is 4.79 Å². The van der Waals surface area contributed by atoms with Crippen molar-refractivity contribution >= 4 is 5.97 Å². The van der Waals surface area contributed by atoms with E-state index in [9.17, 15) is 4.79 Å². The van der Waals surface area contributed by atoms with Gasteiger partial charge in [0.1, 0.15) is 0 Å². The van der Waals surface area contributed by atoms with E-state index in [1.165, 1.54) is 0 Å². The minimum Gasteiger partial charge on any atom is -0.481 e. The Kier molecular flexibility index (Phi) is 8.15. The number of rotatable bonds is 10. The maximum Gasteiger partial charge on any atom is 0.305 e. The third kappa shape index (κ3) is 13.4. The fourth-order valence-corrected chi connectivity index (χ4v) is 1.12. The van der Waals surface area contributed by atoms with Crippen molar-refractivity contribution in [2.75, 3.05) is 54.1 Å². The van der Waals surface area contributed by atoms with Crippen molar-refractivity contribution in [1.82, 2.24) is 0 Å². The van der Waals surface area contributed by atoms with E-state index in [1.54, 1.807) is 0 Å². The Morgan fingerprint density at radius 3 is 2.12 bits per heavy atom. The van der Waals surface area contributed by atoms with Gasteiger partial charge in [0.15, 0.2) is 0 Å². The summed E-state index contributed by atoms with van der Waals surface area (Å²) in [5.41, 5.74) is 0. The van der Waals surface area contributed by atoms with E-state index in [-0.39, 0.29) is 13.0 Å². The minimum atomic E-state index is -0.830. The average molecular weight is 234 g/mol. The summed E-state index contributed by atoms with van der Waals surface area (Å²) in [7, 11) is 6.44. The molecule has 0 radical (unpaired) electrons. The van der Waals surface area contributed by atoms with E-state index in [0.29, 0.717) is 13.2 Å². The highest BCUT2D eigenvalue weighted by atomic mass is 16.5. The fraction of sp³-hybridized carbons (Fsp3) is 0.909. The molecule has 16 heavy (non-hydrogen) atoms. The molecule has 0 fully saturated rings. The second-order valence-electron chi connectivity index (χ2n) is 4.74. The number of carboxylic acid groups (broad SMARTS) is 1. The van der Waals surface area contributed by atoms with Crippen LogP contribution in [-0.2, 0) is 14.3 Å². The number of aliphatic carboxylic acids is 1. The monoisotopic (exact) mass is 234 g/mol. The van der Waals surface area contributed by atoms with Crippen LogP contribution in [0, 0.1) is 0 Å². The molecule has 0 atom stereocenters. The molecular formula is C11H24NO4+. The smallest absolute Gasteiger partial charge is 0.305 e. The van der Waals surface area contributed by atoms with Gasteiger partial charge in [0, 0.05) is 6.42 Å². The average Bonchev–Trinajstić information content (AvgIpc) is 2.13. The Morgan fingerprint density at radius 2 is 1.62 bits per heavy atom. The van der Waals surface area contributed by atoms with Crippen molar-refractivity contribution in [3.05, 3.63) is 0 Å². The zero-order valence-corrected chi connectivity index (χ0v) is 10.6. The first-order valence-corrected chi connectivity index (χ1v) is 5.59. The first-order valence-electron chi connectivity index (χ1n) is 5.59. The Morgan fingerprint density at radius 1 is 1.06 bits per heavy atom. The summed E-state index contributed by atoms with van der Waals surface area (Å²) in [6.45, 7) is 3.09. The number of nitrogens with zero attached hydrogens (tertiary/aromatic N) is 1. The van der Waals surface area contributed by atoms with Gasteiger partial charge in [-0.15, -0.1) is 0 Å². The summed E-state index contributed by atoms with van der Waals surface area (Å²) in [6, 6.07) is 0. The van der Waals surface area contributed by atoms with E-state index >= 15 is 0 Å². The number of carbonyl (C=O) groups is 1. The zero-order valence-electron chi connectivity index (χ0n) is 10.6. The molecule has 0 aliphatic carbocycles. The van der Waals surface area contributed by atoms with Gasteiger partial charge < -0.3 is 19.1 Å². The molecule has 96 valence electrons. The van der Waals surface area contributed by atoms with E-state index in [1.807, 2.05) is 0 Å². The Labute approximate surface area is 97.5 Å². The highest BCUT2D eigenvalue weighted by molar-refractivity contribution is 5.66. The molecular weight excluding hydrogens is 210 g/mol. The van der Waals surface area contributed by atoms with Crippen LogP contribution in [0.5, 0.6) is 0 Å². The van der Waals surface area contributed by atoms with Crippen LogP contribution in [-0.4, -0.2) is 69.7 Å². The maximum absolute atomic E-state index is 10.2. The van der Waals surface area contributed by atoms with E-state index in [0.717, 1.165) is 24.1 Å². The molecule has 0 saturated heterocycles. The molecule has 0 bridgehead atoms. The first kappa shape index (κ1) is 15.3. The summed E-state index contributed by atoms with van der Waals surface area (Å²) >= 11 is 0. The van der Waals surface area contributed by atoms with Crippen molar-refractivity contribution in [2.45, 2.75) is 12.8 Å². The van der Waals surface area contributed by atoms with Gasteiger partial charge in [-0.1, -0.05) is 0 Å². The molecule has 0 aromatic carbocycles. The van der Waals surface area contributed by atoms with Gasteiger partial charge in [0.25, 0.3) is 0 Å². The predicted octanol–water partition coefficient (Wildman–Crippen LogP) is 0.591. The number of quaternary nitrogens is 1. The molecule has 0 amide bonds. The second kappa shape index (κ2) is 8.50. The van der Waals surface area contributed by atoms with Gasteiger partial charge in [-0.05, 0) is 0 Å². The number of hydrogen-bond acceptors (Lipinski definition) is 3. The van der Waals surface area contributed by atoms with Crippen LogP contribution < -0.4 is 0 Å². The van der Waals surface area contributed by atoms with Crippen LogP contribution >= 0.6 is 0 Å². The molecule has 0 aromatic rings. The zero-order chi connectivity index (χ0) is 12.4. The quantitative estimate of drug-likeness (QED) is 0.444. The Balaban J connectivity index is 3.07. The van der Waals surface area contributed by atoms with Crippen LogP contribution in [0.2, 0.25) is 0 Å². The number of ether oxygens (including phenoxy) is 2. The Bertz CT molecular complexity index is 189. The third-order valence-electron chi connectivity index (χ3n) is 1.95. The van der Waals surface area contributed by atoms with Gasteiger partial charge in [-0.2, -0.15) is 0 Å². The minimum absolute atomic E-state index is 0.0570. The SMILES string of the molecule is C[N+](C)(C)CCCOCCOCCC(=O)O. The van der Waals surface area contributed by atoms with Gasteiger partial charge in [-0.25, -0.2) is 0 Å². The van der Waals surface area contributed by atoms with Crippen LogP contribution in [0.25, 0.3) is 0 Å². The van der Waals surface area contributed by atoms with E-state index < -0.39 is 5.97 Å². The molecule has 0 heterocycles. The van der Waals surface area contributed by atoms with Crippen LogP contribution in [0.4, 0.5) is 0 Å². The molecule has 0 aromatic heterocycles. The third-order valence-corrected chi connectivity index (χ3v) is 1.95. The number of carboxylic acids is 1. The lowest BCUT2D eigenvalue weighted by Crippen LogP contribution is -2.35. The normalized spacial score (nSPS) is 11.7. The molecule has 0 aliphatic rings. The van der Waals surface area contributed by atoms with Crippen LogP contribution in [0.15, 0.2) is 0 Å². The van der Waals surface area contributed by atoms with Crippen molar-refractivity contribution in [3.63, 3.8) is 0 Å². The molecule has 5 heteroatoms. The molecule has 0 spiro atoms. The lowest BCUT2D eigenvalue weighted by molar-refractivity contribution is -0.870. The van der Waals surface area contributed by atoms with Crippen LogP contribution in [0.1, 0.15) is 12.8 Å². The molecule has 0 rings (SSSR count). The maximum atomic E-state index is 10.2. The summed E-state index contributed by atoms with van der Waals surface area (Å²) in [5.74, 6) is -0.830. The lowest BCUT2D eigenvalue weighted by Gasteiger charge is -2.23. The second-order valence-corrected chi connectivity index (χ2v) is 4.74. The topological polar surface area (TPSA) is 55.8 Å². The van der Waals surface area contributed by atoms with E-state index in [2.05, 4.69) is 21.1 Å². The van der Waals surface area contributed by atoms with Crippen molar-refractivity contribution in [1.29, 1.82) is 0 Å². The van der Waals surface area contributed by atoms with Crippen molar-refractivity contribution in [3.8, 4) is 0 Å². The van der Waals surface area contributed by atoms with Gasteiger partial charge >= 0.3 is 5.97 Å². The summed E-state index contributed by atoms with van der Waals surface area (Å²) in [6.07, 6.45) is 1.08. The summed E-state index contributed by atoms with van der Waals surface area (Å²) in [4.78, 5) is 10.2. The first-order chi connectivity index (χ1) is 7.42. The predicted molar refractivity (Wildman–Crippen MR) is 61.4 cm³/mol. The van der Waals surface area contributed by atoms with Gasteiger partial charge in [0.05, 0.1) is 60.5 Å². The Hall–Kier alpha value is -0.650. The molecule has 5 nitrogen and oxygen atoms in total. The van der Waals surface area contributed by atoms with E-state index in [4.69, 9.17) is 14.6 Å². The fourth-order valence-electron chi connectivity index (χ4n) is 1.12. The molecule has 0 aliphatic heterocycles. The van der Waals surface area contributed by atoms with Gasteiger partial charge in [0.2, 0.25) is 0 Å².